The fourth-order valence-corrected chi connectivity index (χ4v) is 4.22. The van der Waals surface area contributed by atoms with Crippen molar-refractivity contribution in [3.63, 3.8) is 0 Å². The van der Waals surface area contributed by atoms with Crippen LogP contribution in [-0.2, 0) is 14.6 Å². The summed E-state index contributed by atoms with van der Waals surface area (Å²) in [5.74, 6) is -0.158. The molecule has 0 aliphatic carbocycles. The summed E-state index contributed by atoms with van der Waals surface area (Å²) >= 11 is 5.74. The minimum absolute atomic E-state index is 0.0614. The number of carbonyl (C=O) groups excluding carboxylic acids is 2. The van der Waals surface area contributed by atoms with Gasteiger partial charge in [0.05, 0.1) is 18.1 Å². The fourth-order valence-electron chi connectivity index (χ4n) is 2.23. The number of nitrogens with one attached hydrogen (secondary N) is 3. The number of rotatable bonds is 5. The average molecular weight is 360 g/mol. The first-order valence-electron chi connectivity index (χ1n) is 7.11. The van der Waals surface area contributed by atoms with Gasteiger partial charge in [-0.3, -0.25) is 4.79 Å². The highest BCUT2D eigenvalue weighted by atomic mass is 35.5. The molecular formula is C14H18ClN3O4S. The van der Waals surface area contributed by atoms with Crippen LogP contribution in [0.3, 0.4) is 0 Å². The number of urea groups is 1. The molecule has 0 bridgehead atoms. The Morgan fingerprint density at radius 3 is 2.48 bits per heavy atom. The predicted molar refractivity (Wildman–Crippen MR) is 88.2 cm³/mol. The Hall–Kier alpha value is -1.80. The van der Waals surface area contributed by atoms with Gasteiger partial charge in [-0.15, -0.1) is 0 Å². The van der Waals surface area contributed by atoms with Gasteiger partial charge in [0.1, 0.15) is 0 Å². The fraction of sp³-hybridized carbons (Fsp3) is 0.429. The quantitative estimate of drug-likeness (QED) is 0.729. The van der Waals surface area contributed by atoms with Crippen LogP contribution in [0.2, 0.25) is 5.02 Å². The minimum atomic E-state index is -2.95. The number of halogens is 1. The van der Waals surface area contributed by atoms with Crippen LogP contribution in [0.15, 0.2) is 24.3 Å². The molecule has 2 rings (SSSR count). The van der Waals surface area contributed by atoms with Crippen molar-refractivity contribution in [2.75, 3.05) is 29.9 Å². The van der Waals surface area contributed by atoms with Gasteiger partial charge in [-0.25, -0.2) is 13.2 Å². The van der Waals surface area contributed by atoms with Crippen LogP contribution < -0.4 is 16.0 Å². The van der Waals surface area contributed by atoms with E-state index in [1.165, 1.54) is 0 Å². The zero-order chi connectivity index (χ0) is 16.9. The molecule has 0 spiro atoms. The first-order valence-corrected chi connectivity index (χ1v) is 9.31. The maximum atomic E-state index is 11.7. The Kier molecular flexibility index (Phi) is 5.84. The number of amides is 3. The van der Waals surface area contributed by atoms with Crippen LogP contribution in [-0.4, -0.2) is 45.0 Å². The first kappa shape index (κ1) is 17.6. The molecule has 3 amide bonds. The van der Waals surface area contributed by atoms with Crippen molar-refractivity contribution in [2.24, 2.45) is 5.92 Å². The van der Waals surface area contributed by atoms with Gasteiger partial charge in [0, 0.05) is 17.3 Å². The summed E-state index contributed by atoms with van der Waals surface area (Å²) in [5.41, 5.74) is 0.581. The summed E-state index contributed by atoms with van der Waals surface area (Å²) < 4.78 is 22.6. The maximum Gasteiger partial charge on any atom is 0.315 e. The summed E-state index contributed by atoms with van der Waals surface area (Å²) in [4.78, 5) is 23.3. The number of sulfone groups is 1. The summed E-state index contributed by atoms with van der Waals surface area (Å²) in [5, 5.41) is 8.18. The van der Waals surface area contributed by atoms with Gasteiger partial charge in [0.2, 0.25) is 5.91 Å². The minimum Gasteiger partial charge on any atom is -0.338 e. The molecule has 126 valence electrons. The normalized spacial score (nSPS) is 19.1. The largest absolute Gasteiger partial charge is 0.338 e. The van der Waals surface area contributed by atoms with Gasteiger partial charge in [-0.2, -0.15) is 0 Å². The third-order valence-electron chi connectivity index (χ3n) is 3.42. The Morgan fingerprint density at radius 1 is 1.17 bits per heavy atom. The highest BCUT2D eigenvalue weighted by Gasteiger charge is 2.27. The first-order chi connectivity index (χ1) is 10.8. The molecule has 23 heavy (non-hydrogen) atoms. The van der Waals surface area contributed by atoms with Crippen LogP contribution in [0.1, 0.15) is 6.42 Å². The van der Waals surface area contributed by atoms with E-state index < -0.39 is 15.9 Å². The lowest BCUT2D eigenvalue weighted by Crippen LogP contribution is -2.41. The molecular weight excluding hydrogens is 342 g/mol. The number of hydrogen-bond donors (Lipinski definition) is 3. The van der Waals surface area contributed by atoms with Gasteiger partial charge >= 0.3 is 6.03 Å². The number of hydrogen-bond acceptors (Lipinski definition) is 4. The topological polar surface area (TPSA) is 104 Å². The van der Waals surface area contributed by atoms with Crippen molar-refractivity contribution in [3.8, 4) is 0 Å². The summed E-state index contributed by atoms with van der Waals surface area (Å²) in [7, 11) is -2.95. The Balaban J connectivity index is 1.66. The van der Waals surface area contributed by atoms with Gasteiger partial charge in [-0.1, -0.05) is 11.6 Å². The SMILES string of the molecule is O=C(CNC(=O)NCC1CCS(=O)(=O)C1)Nc1ccc(Cl)cc1. The van der Waals surface area contributed by atoms with E-state index in [1.54, 1.807) is 24.3 Å². The van der Waals surface area contributed by atoms with Crippen molar-refractivity contribution < 1.29 is 18.0 Å². The molecule has 7 nitrogen and oxygen atoms in total. The van der Waals surface area contributed by atoms with Crippen molar-refractivity contribution in [3.05, 3.63) is 29.3 Å². The second kappa shape index (κ2) is 7.65. The van der Waals surface area contributed by atoms with Gasteiger partial charge < -0.3 is 16.0 Å². The van der Waals surface area contributed by atoms with E-state index in [0.29, 0.717) is 17.1 Å². The van der Waals surface area contributed by atoms with E-state index in [-0.39, 0.29) is 36.4 Å². The smallest absolute Gasteiger partial charge is 0.315 e. The summed E-state index contributed by atoms with van der Waals surface area (Å²) in [6.45, 7) is 0.0985. The lowest BCUT2D eigenvalue weighted by molar-refractivity contribution is -0.115. The molecule has 0 saturated carbocycles. The molecule has 1 unspecified atom stereocenters. The predicted octanol–water partition coefficient (Wildman–Crippen LogP) is 1.01. The summed E-state index contributed by atoms with van der Waals surface area (Å²) in [6, 6.07) is 6.10. The molecule has 0 radical (unpaired) electrons. The van der Waals surface area contributed by atoms with E-state index in [2.05, 4.69) is 16.0 Å². The van der Waals surface area contributed by atoms with E-state index >= 15 is 0 Å². The molecule has 1 saturated heterocycles. The molecule has 9 heteroatoms. The van der Waals surface area contributed by atoms with E-state index in [1.807, 2.05) is 0 Å². The third kappa shape index (κ3) is 6.07. The number of anilines is 1. The maximum absolute atomic E-state index is 11.7. The second-order valence-corrected chi connectivity index (χ2v) is 8.05. The second-order valence-electron chi connectivity index (χ2n) is 5.39. The molecule has 1 heterocycles. The molecule has 1 aromatic carbocycles. The van der Waals surface area contributed by atoms with Gasteiger partial charge in [0.25, 0.3) is 0 Å². The van der Waals surface area contributed by atoms with Crippen LogP contribution in [0.4, 0.5) is 10.5 Å². The number of benzene rings is 1. The lowest BCUT2D eigenvalue weighted by atomic mass is 10.1. The van der Waals surface area contributed by atoms with E-state index in [0.717, 1.165) is 0 Å². The van der Waals surface area contributed by atoms with Crippen molar-refractivity contribution in [2.45, 2.75) is 6.42 Å². The summed E-state index contributed by atoms with van der Waals surface area (Å²) in [6.07, 6.45) is 0.555. The molecule has 1 fully saturated rings. The Morgan fingerprint density at radius 2 is 1.87 bits per heavy atom. The zero-order valence-electron chi connectivity index (χ0n) is 12.3. The van der Waals surface area contributed by atoms with Crippen LogP contribution in [0.5, 0.6) is 0 Å². The molecule has 1 aliphatic rings. The Bertz CT molecular complexity index is 676. The Labute approximate surface area is 139 Å². The third-order valence-corrected chi connectivity index (χ3v) is 5.50. The van der Waals surface area contributed by atoms with Crippen molar-refractivity contribution >= 4 is 39.1 Å². The van der Waals surface area contributed by atoms with Gasteiger partial charge in [0.15, 0.2) is 9.84 Å². The van der Waals surface area contributed by atoms with Crippen molar-refractivity contribution in [1.29, 1.82) is 0 Å². The van der Waals surface area contributed by atoms with Crippen LogP contribution in [0, 0.1) is 5.92 Å². The monoisotopic (exact) mass is 359 g/mol. The van der Waals surface area contributed by atoms with E-state index in [9.17, 15) is 18.0 Å². The van der Waals surface area contributed by atoms with Crippen LogP contribution >= 0.6 is 11.6 Å². The van der Waals surface area contributed by atoms with Crippen LogP contribution in [0.25, 0.3) is 0 Å². The van der Waals surface area contributed by atoms with Gasteiger partial charge in [-0.05, 0) is 36.6 Å². The highest BCUT2D eigenvalue weighted by molar-refractivity contribution is 7.91. The molecule has 1 aromatic rings. The molecule has 0 aromatic heterocycles. The standard InChI is InChI=1S/C14H18ClN3O4S/c15-11-1-3-12(4-2-11)18-13(19)8-17-14(20)16-7-10-5-6-23(21,22)9-10/h1-4,10H,5-9H2,(H,18,19)(H2,16,17,20). The lowest BCUT2D eigenvalue weighted by Gasteiger charge is -2.11. The molecule has 1 aliphatic heterocycles. The molecule has 3 N–H and O–H groups in total. The highest BCUT2D eigenvalue weighted by Crippen LogP contribution is 2.17. The average Bonchev–Trinajstić information content (AvgIpc) is 2.85. The van der Waals surface area contributed by atoms with Crippen molar-refractivity contribution in [1.82, 2.24) is 10.6 Å². The molecule has 1 atom stereocenters. The zero-order valence-corrected chi connectivity index (χ0v) is 13.9. The number of carbonyl (C=O) groups is 2. The van der Waals surface area contributed by atoms with E-state index in [4.69, 9.17) is 11.6 Å².